The number of amides is 1. The van der Waals surface area contributed by atoms with Crippen LogP contribution in [0.5, 0.6) is 5.75 Å². The summed E-state index contributed by atoms with van der Waals surface area (Å²) in [6.45, 7) is 4.96. The van der Waals surface area contributed by atoms with Gasteiger partial charge in [-0.3, -0.25) is 4.79 Å². The fourth-order valence-corrected chi connectivity index (χ4v) is 3.18. The van der Waals surface area contributed by atoms with Crippen LogP contribution >= 0.6 is 0 Å². The predicted octanol–water partition coefficient (Wildman–Crippen LogP) is 3.46. The molecule has 0 aliphatic heterocycles. The van der Waals surface area contributed by atoms with Gasteiger partial charge in [-0.25, -0.2) is 4.79 Å². The number of fused-ring (bicyclic) bond motifs is 1. The Morgan fingerprint density at radius 1 is 1.10 bits per heavy atom. The Morgan fingerprint density at radius 2 is 1.86 bits per heavy atom. The van der Waals surface area contributed by atoms with Gasteiger partial charge in [0.15, 0.2) is 6.61 Å². The average molecular weight is 395 g/mol. The normalized spacial score (nSPS) is 10.9. The number of hydrogen-bond donors (Lipinski definition) is 0. The van der Waals surface area contributed by atoms with E-state index < -0.39 is 5.63 Å². The molecular weight excluding hydrogens is 370 g/mol. The molecule has 29 heavy (non-hydrogen) atoms. The lowest BCUT2D eigenvalue weighted by atomic mass is 10.1. The molecule has 6 nitrogen and oxygen atoms in total. The number of methoxy groups -OCH3 is 1. The van der Waals surface area contributed by atoms with Crippen molar-refractivity contribution < 1.29 is 18.7 Å². The minimum absolute atomic E-state index is 0.112. The van der Waals surface area contributed by atoms with Crippen LogP contribution in [0, 0.1) is 13.8 Å². The topological polar surface area (TPSA) is 69.0 Å². The zero-order valence-electron chi connectivity index (χ0n) is 16.9. The molecule has 3 aromatic rings. The van der Waals surface area contributed by atoms with E-state index in [0.29, 0.717) is 36.6 Å². The summed E-state index contributed by atoms with van der Waals surface area (Å²) < 4.78 is 16.3. The Labute approximate surface area is 169 Å². The van der Waals surface area contributed by atoms with E-state index in [2.05, 4.69) is 0 Å². The van der Waals surface area contributed by atoms with Crippen molar-refractivity contribution in [1.82, 2.24) is 4.90 Å². The number of carbonyl (C=O) groups is 1. The molecule has 0 unspecified atom stereocenters. The molecule has 0 saturated heterocycles. The highest BCUT2D eigenvalue weighted by Gasteiger charge is 2.16. The first-order chi connectivity index (χ1) is 14.0. The van der Waals surface area contributed by atoms with Crippen LogP contribution in [0.2, 0.25) is 0 Å². The summed E-state index contributed by atoms with van der Waals surface area (Å²) >= 11 is 0. The van der Waals surface area contributed by atoms with E-state index in [1.807, 2.05) is 50.2 Å². The molecule has 0 radical (unpaired) electrons. The van der Waals surface area contributed by atoms with Gasteiger partial charge in [0.2, 0.25) is 0 Å². The maximum atomic E-state index is 12.8. The summed E-state index contributed by atoms with van der Waals surface area (Å²) in [5, 5.41) is 0.853. The second-order valence-corrected chi connectivity index (χ2v) is 6.90. The van der Waals surface area contributed by atoms with Gasteiger partial charge in [0.25, 0.3) is 5.91 Å². The summed E-state index contributed by atoms with van der Waals surface area (Å²) in [5.74, 6) is 0.377. The van der Waals surface area contributed by atoms with Crippen molar-refractivity contribution in [3.63, 3.8) is 0 Å². The van der Waals surface area contributed by atoms with E-state index in [4.69, 9.17) is 13.9 Å². The van der Waals surface area contributed by atoms with Crippen molar-refractivity contribution in [2.75, 3.05) is 26.9 Å². The molecule has 2 aromatic carbocycles. The highest BCUT2D eigenvalue weighted by molar-refractivity contribution is 5.85. The second-order valence-electron chi connectivity index (χ2n) is 6.90. The Kier molecular flexibility index (Phi) is 6.67. The zero-order valence-corrected chi connectivity index (χ0v) is 16.9. The van der Waals surface area contributed by atoms with Gasteiger partial charge < -0.3 is 18.8 Å². The zero-order chi connectivity index (χ0) is 20.8. The number of nitrogens with zero attached hydrogens (tertiary/aromatic N) is 1. The van der Waals surface area contributed by atoms with E-state index >= 15 is 0 Å². The average Bonchev–Trinajstić information content (AvgIpc) is 2.71. The van der Waals surface area contributed by atoms with Crippen molar-refractivity contribution in [1.29, 1.82) is 0 Å². The Bertz CT molecular complexity index is 1040. The van der Waals surface area contributed by atoms with E-state index in [-0.39, 0.29) is 12.5 Å². The molecule has 1 amide bonds. The molecule has 152 valence electrons. The molecule has 0 N–H and O–H groups in total. The van der Waals surface area contributed by atoms with Crippen LogP contribution in [0.1, 0.15) is 16.7 Å². The molecule has 0 aliphatic rings. The number of aryl methyl sites for hydroxylation is 2. The summed E-state index contributed by atoms with van der Waals surface area (Å²) in [5.41, 5.74) is 2.66. The molecule has 0 spiro atoms. The van der Waals surface area contributed by atoms with Gasteiger partial charge in [-0.1, -0.05) is 30.3 Å². The summed E-state index contributed by atoms with van der Waals surface area (Å²) in [6, 6.07) is 14.9. The maximum Gasteiger partial charge on any atom is 0.336 e. The Hall–Kier alpha value is -3.12. The molecule has 6 heteroatoms. The van der Waals surface area contributed by atoms with E-state index in [1.165, 1.54) is 6.07 Å². The van der Waals surface area contributed by atoms with Crippen LogP contribution in [-0.4, -0.2) is 37.7 Å². The first-order valence-electron chi connectivity index (χ1n) is 9.47. The molecular formula is C23H25NO5. The van der Waals surface area contributed by atoms with Crippen LogP contribution in [0.3, 0.4) is 0 Å². The summed E-state index contributed by atoms with van der Waals surface area (Å²) in [6.07, 6.45) is 0. The van der Waals surface area contributed by atoms with Crippen molar-refractivity contribution in [2.24, 2.45) is 0 Å². The predicted molar refractivity (Wildman–Crippen MR) is 111 cm³/mol. The third kappa shape index (κ3) is 5.03. The molecule has 0 atom stereocenters. The van der Waals surface area contributed by atoms with Crippen LogP contribution in [0.4, 0.5) is 0 Å². The number of rotatable bonds is 8. The highest BCUT2D eigenvalue weighted by atomic mass is 16.5. The molecule has 0 bridgehead atoms. The molecule has 3 rings (SSSR count). The van der Waals surface area contributed by atoms with Gasteiger partial charge in [0.05, 0.1) is 6.61 Å². The van der Waals surface area contributed by atoms with Crippen molar-refractivity contribution in [3.05, 3.63) is 75.6 Å². The molecule has 0 aliphatic carbocycles. The Morgan fingerprint density at radius 3 is 2.59 bits per heavy atom. The van der Waals surface area contributed by atoms with E-state index in [1.54, 1.807) is 18.1 Å². The standard InChI is InChI=1S/C23H25NO5/c1-16-13-22(26)29-23-17(2)20(10-9-19(16)23)28-15-21(25)24(11-12-27-3)14-18-7-5-4-6-8-18/h4-10,13H,11-12,14-15H2,1-3H3. The lowest BCUT2D eigenvalue weighted by Gasteiger charge is -2.23. The third-order valence-corrected chi connectivity index (χ3v) is 4.80. The van der Waals surface area contributed by atoms with Gasteiger partial charge in [0.1, 0.15) is 11.3 Å². The SMILES string of the molecule is COCCN(Cc1ccccc1)C(=O)COc1ccc2c(C)cc(=O)oc2c1C. The van der Waals surface area contributed by atoms with Crippen LogP contribution in [0.15, 0.2) is 57.7 Å². The van der Waals surface area contributed by atoms with Gasteiger partial charge in [-0.2, -0.15) is 0 Å². The molecule has 0 saturated carbocycles. The van der Waals surface area contributed by atoms with Gasteiger partial charge >= 0.3 is 5.63 Å². The maximum absolute atomic E-state index is 12.8. The quantitative estimate of drug-likeness (QED) is 0.547. The minimum Gasteiger partial charge on any atom is -0.483 e. The second kappa shape index (κ2) is 9.39. The summed E-state index contributed by atoms with van der Waals surface area (Å²) in [4.78, 5) is 26.2. The number of ether oxygens (including phenoxy) is 2. The lowest BCUT2D eigenvalue weighted by molar-refractivity contribution is -0.134. The monoisotopic (exact) mass is 395 g/mol. The summed E-state index contributed by atoms with van der Waals surface area (Å²) in [7, 11) is 1.61. The van der Waals surface area contributed by atoms with Crippen molar-refractivity contribution >= 4 is 16.9 Å². The van der Waals surface area contributed by atoms with Crippen LogP contribution < -0.4 is 10.4 Å². The van der Waals surface area contributed by atoms with E-state index in [9.17, 15) is 9.59 Å². The highest BCUT2D eigenvalue weighted by Crippen LogP contribution is 2.28. The fraction of sp³-hybridized carbons (Fsp3) is 0.304. The van der Waals surface area contributed by atoms with Gasteiger partial charge in [-0.15, -0.1) is 0 Å². The van der Waals surface area contributed by atoms with Crippen LogP contribution in [-0.2, 0) is 16.1 Å². The number of carbonyl (C=O) groups excluding carboxylic acids is 1. The lowest BCUT2D eigenvalue weighted by Crippen LogP contribution is -2.36. The largest absolute Gasteiger partial charge is 0.483 e. The first kappa shape index (κ1) is 20.6. The van der Waals surface area contributed by atoms with Gasteiger partial charge in [-0.05, 0) is 37.1 Å². The first-order valence-corrected chi connectivity index (χ1v) is 9.47. The van der Waals surface area contributed by atoms with Crippen LogP contribution in [0.25, 0.3) is 11.0 Å². The minimum atomic E-state index is -0.403. The van der Waals surface area contributed by atoms with Crippen molar-refractivity contribution in [2.45, 2.75) is 20.4 Å². The fourth-order valence-electron chi connectivity index (χ4n) is 3.18. The van der Waals surface area contributed by atoms with Gasteiger partial charge in [0, 0.05) is 37.2 Å². The Balaban J connectivity index is 1.75. The molecule has 0 fully saturated rings. The smallest absolute Gasteiger partial charge is 0.336 e. The third-order valence-electron chi connectivity index (χ3n) is 4.80. The molecule has 1 aromatic heterocycles. The van der Waals surface area contributed by atoms with E-state index in [0.717, 1.165) is 16.5 Å². The number of benzene rings is 2. The number of hydrogen-bond acceptors (Lipinski definition) is 5. The molecule has 1 heterocycles. The van der Waals surface area contributed by atoms with Crippen molar-refractivity contribution in [3.8, 4) is 5.75 Å².